The molecule has 79 heavy (non-hydrogen) atoms. The van der Waals surface area contributed by atoms with Gasteiger partial charge in [0.05, 0.1) is 0 Å². The lowest BCUT2D eigenvalue weighted by atomic mass is 9.54. The van der Waals surface area contributed by atoms with Gasteiger partial charge in [0, 0.05) is 10.8 Å². The van der Waals surface area contributed by atoms with E-state index in [1.807, 2.05) is 0 Å². The van der Waals surface area contributed by atoms with Crippen molar-refractivity contribution in [3.63, 3.8) is 0 Å². The lowest BCUT2D eigenvalue weighted by Crippen LogP contribution is -2.57. The molecule has 0 aliphatic heterocycles. The summed E-state index contributed by atoms with van der Waals surface area (Å²) >= 11 is 0. The summed E-state index contributed by atoms with van der Waals surface area (Å²) in [6.45, 7) is 0. The maximum atomic E-state index is 7.19. The summed E-state index contributed by atoms with van der Waals surface area (Å²) in [6, 6.07) is 0. The predicted octanol–water partition coefficient (Wildman–Crippen LogP) is -38.5. The lowest BCUT2D eigenvalue weighted by molar-refractivity contribution is 0.675. The Bertz CT molecular complexity index is 4460. The largest absolute Gasteiger partial charge is 0.457 e. The van der Waals surface area contributed by atoms with Crippen molar-refractivity contribution in [2.24, 2.45) is 0 Å². The van der Waals surface area contributed by atoms with Crippen molar-refractivity contribution in [1.82, 2.24) is 0 Å². The van der Waals surface area contributed by atoms with Crippen LogP contribution in [0, 0.1) is 0 Å². The third-order valence-corrected chi connectivity index (χ3v) is 22.8. The van der Waals surface area contributed by atoms with E-state index in [-0.39, 0.29) is 0 Å². The SMILES string of the molecule is Bc1c(B)c(B)c(-c2c(B)c(B)c(B)c(-c3c4c(B)c(B)c(B)c(B)c4c(-c4c(B)c(B)c(-c5c(B)c(B)c6oc7c(B)c(B)c8c(B)c(B)c(B)c(B)c8c7c6c5B)c(B)c4B)c4c(B)c(B)c(B)c(B)c34)c2B)c(B)c1B. The molecule has 1 heterocycles. The molecule has 0 unspecified atom stereocenters. The van der Waals surface area contributed by atoms with Gasteiger partial charge < -0.3 is 4.42 Å². The highest BCUT2D eigenvalue weighted by molar-refractivity contribution is 6.77. The molecule has 0 saturated heterocycles. The molecule has 9 aromatic carbocycles. The van der Waals surface area contributed by atoms with Crippen molar-refractivity contribution in [2.75, 3.05) is 0 Å². The molecule has 0 aliphatic carbocycles. The quantitative estimate of drug-likeness (QED) is 0.127. The number of furan rings is 1. The second-order valence-electron chi connectivity index (χ2n) is 25.5. The molecule has 0 saturated carbocycles. The van der Waals surface area contributed by atoms with E-state index in [9.17, 15) is 0 Å². The number of benzene rings is 9. The molecule has 1 aromatic heterocycles. The summed E-state index contributed by atoms with van der Waals surface area (Å²) in [6.07, 6.45) is 0. The number of hydrogen-bond donors (Lipinski definition) is 0. The Balaban J connectivity index is 1.41. The van der Waals surface area contributed by atoms with Gasteiger partial charge in [-0.1, -0.05) is 109 Å². The second kappa shape index (κ2) is 19.6. The minimum atomic E-state index is 1.03. The highest BCUT2D eigenvalue weighted by atomic mass is 16.3. The van der Waals surface area contributed by atoms with Crippen molar-refractivity contribution in [3.05, 3.63) is 0 Å². The molecule has 1 nitrogen and oxygen atoms in total. The highest BCUT2D eigenvalue weighted by Gasteiger charge is 2.32. The monoisotopic (exact) mass is 983 g/mol. The molecule has 31 heteroatoms. The Labute approximate surface area is 498 Å². The maximum Gasteiger partial charge on any atom is 0.143 e. The molecular weight excluding hydrogens is 917 g/mol. The average Bonchev–Trinajstić information content (AvgIpc) is 4.08. The first-order chi connectivity index (χ1) is 36.8. The van der Waals surface area contributed by atoms with Crippen molar-refractivity contribution in [3.8, 4) is 44.5 Å². The van der Waals surface area contributed by atoms with Crippen LogP contribution in [-0.2, 0) is 0 Å². The fourth-order valence-corrected chi connectivity index (χ4v) is 15.8. The van der Waals surface area contributed by atoms with E-state index < -0.39 is 0 Å². The minimum Gasteiger partial charge on any atom is -0.457 e. The molecule has 0 radical (unpaired) electrons. The van der Waals surface area contributed by atoms with Crippen molar-refractivity contribution in [2.45, 2.75) is 0 Å². The molecule has 10 rings (SSSR count). The molecule has 0 bridgehead atoms. The van der Waals surface area contributed by atoms with Crippen LogP contribution in [0.25, 0.3) is 98.8 Å². The lowest BCUT2D eigenvalue weighted by Gasteiger charge is -2.33. The van der Waals surface area contributed by atoms with E-state index in [2.05, 4.69) is 235 Å². The first-order valence-corrected chi connectivity index (χ1v) is 29.4. The van der Waals surface area contributed by atoms with Crippen LogP contribution in [0.4, 0.5) is 0 Å². The molecule has 0 amide bonds. The Morgan fingerprint density at radius 1 is 0.114 bits per heavy atom. The summed E-state index contributed by atoms with van der Waals surface area (Å²) in [4.78, 5) is 0. The second-order valence-corrected chi connectivity index (χ2v) is 25.5. The van der Waals surface area contributed by atoms with E-state index in [0.29, 0.717) is 0 Å². The molecule has 10 aromatic rings. The first kappa shape index (κ1) is 57.7. The summed E-state index contributed by atoms with van der Waals surface area (Å²) in [5.74, 6) is 0. The van der Waals surface area contributed by atoms with Gasteiger partial charge in [0.2, 0.25) is 0 Å². The van der Waals surface area contributed by atoms with Crippen LogP contribution in [0.1, 0.15) is 0 Å². The van der Waals surface area contributed by atoms with Gasteiger partial charge in [-0.2, -0.15) is 0 Å². The summed E-state index contributed by atoms with van der Waals surface area (Å²) in [5.41, 5.74) is 54.2. The number of fused-ring (bicyclic) bond motifs is 7. The van der Waals surface area contributed by atoms with Crippen LogP contribution >= 0.6 is 0 Å². The Kier molecular flexibility index (Phi) is 14.3. The number of rotatable bonds is 4. The van der Waals surface area contributed by atoms with Crippen LogP contribution in [-0.4, -0.2) is 235 Å². The van der Waals surface area contributed by atoms with Gasteiger partial charge in [-0.05, 0) is 76.8 Å². The van der Waals surface area contributed by atoms with Gasteiger partial charge >= 0.3 is 0 Å². The zero-order valence-corrected chi connectivity index (χ0v) is 54.4. The molecule has 0 atom stereocenters. The molecule has 348 valence electrons. The average molecular weight is 977 g/mol. The van der Waals surface area contributed by atoms with Crippen LogP contribution in [0.5, 0.6) is 0 Å². The van der Waals surface area contributed by atoms with Gasteiger partial charge in [0.15, 0.2) is 0 Å². The van der Waals surface area contributed by atoms with Crippen LogP contribution in [0.15, 0.2) is 4.42 Å². The zero-order chi connectivity index (χ0) is 58.4. The Morgan fingerprint density at radius 2 is 0.304 bits per heavy atom. The van der Waals surface area contributed by atoms with Crippen LogP contribution < -0.4 is 164 Å². The summed E-state index contributed by atoms with van der Waals surface area (Å²) in [7, 11) is 71.2. The third-order valence-electron chi connectivity index (χ3n) is 22.8. The first-order valence-electron chi connectivity index (χ1n) is 29.4. The maximum absolute atomic E-state index is 7.19. The van der Waals surface area contributed by atoms with Gasteiger partial charge in [-0.25, -0.2) is 0 Å². The fraction of sp³-hybridized carbons (Fsp3) is 0. The molecular formula is C48H60B30O. The Morgan fingerprint density at radius 3 is 0.671 bits per heavy atom. The van der Waals surface area contributed by atoms with E-state index in [1.54, 1.807) is 0 Å². The topological polar surface area (TPSA) is 13.1 Å². The van der Waals surface area contributed by atoms with E-state index in [4.69, 9.17) is 4.42 Å². The predicted molar refractivity (Wildman–Crippen MR) is 453 cm³/mol. The van der Waals surface area contributed by atoms with Crippen LogP contribution in [0.2, 0.25) is 0 Å². The smallest absolute Gasteiger partial charge is 0.143 e. The standard InChI is InChI=1S/C48H60B30O/c49-17-9(28(60)35(67)30(62)12(17)15-31(63)42(74)44(76)43(75)32(15)64)1-3-5(21(53)38(70)36(68)19(3)51)2(6-4(1)20(52)37(69)39(71)22(6)54)10-24(56)26(58)14(27(59)25(10)57)13-18(50)16-8-7-11(29(61)41(73)40(72)23(7)55)33(65)45(77)47(8)79-48(16)46(78)34(13)66/h49-78H2. The Hall–Kier alpha value is -4.49. The molecule has 0 spiro atoms. The third kappa shape index (κ3) is 7.52. The minimum absolute atomic E-state index is 1.03. The van der Waals surface area contributed by atoms with Gasteiger partial charge in [0.25, 0.3) is 0 Å². The van der Waals surface area contributed by atoms with Gasteiger partial charge in [-0.3, -0.25) is 0 Å². The van der Waals surface area contributed by atoms with E-state index in [1.165, 1.54) is 251 Å². The summed E-state index contributed by atoms with van der Waals surface area (Å²) < 4.78 is 7.19. The molecule has 0 fully saturated rings. The molecule has 0 aliphatic rings. The van der Waals surface area contributed by atoms with E-state index >= 15 is 0 Å². The van der Waals surface area contributed by atoms with Crippen LogP contribution in [0.3, 0.4) is 0 Å². The van der Waals surface area contributed by atoms with Gasteiger partial charge in [-0.15, -0.1) is 54.6 Å². The van der Waals surface area contributed by atoms with Crippen molar-refractivity contribution >= 4 is 454 Å². The highest BCUT2D eigenvalue weighted by Crippen LogP contribution is 2.39. The zero-order valence-electron chi connectivity index (χ0n) is 54.4. The number of hydrogen-bond acceptors (Lipinski definition) is 1. The molecule has 0 N–H and O–H groups in total. The van der Waals surface area contributed by atoms with Gasteiger partial charge in [0.1, 0.15) is 247 Å². The summed E-state index contributed by atoms with van der Waals surface area (Å²) in [5, 5.41) is 10.9. The van der Waals surface area contributed by atoms with Crippen molar-refractivity contribution < 1.29 is 4.42 Å². The normalized spacial score (nSPS) is 11.8. The fourth-order valence-electron chi connectivity index (χ4n) is 15.8. The van der Waals surface area contributed by atoms with E-state index in [0.717, 1.165) is 11.2 Å². The van der Waals surface area contributed by atoms with Crippen molar-refractivity contribution in [1.29, 1.82) is 0 Å².